The van der Waals surface area contributed by atoms with Gasteiger partial charge >= 0.3 is 0 Å². The van der Waals surface area contributed by atoms with E-state index in [9.17, 15) is 4.79 Å². The van der Waals surface area contributed by atoms with E-state index in [-0.39, 0.29) is 5.91 Å². The second kappa shape index (κ2) is 5.71. The second-order valence-corrected chi connectivity index (χ2v) is 7.46. The lowest BCUT2D eigenvalue weighted by molar-refractivity contribution is 0.0494. The van der Waals surface area contributed by atoms with Gasteiger partial charge in [-0.25, -0.2) is 0 Å². The maximum absolute atomic E-state index is 12.4. The molecule has 1 aliphatic carbocycles. The monoisotopic (exact) mass is 306 g/mol. The highest BCUT2D eigenvalue weighted by atomic mass is 32.1. The molecule has 0 aromatic carbocycles. The largest absolute Gasteiger partial charge is 0.377 e. The molecule has 1 amide bonds. The van der Waals surface area contributed by atoms with Gasteiger partial charge < -0.3 is 9.64 Å². The molecular formula is C16H22N2O2S. The summed E-state index contributed by atoms with van der Waals surface area (Å²) >= 11 is 1.54. The van der Waals surface area contributed by atoms with Gasteiger partial charge in [-0.3, -0.25) is 9.69 Å². The van der Waals surface area contributed by atoms with Crippen LogP contribution in [-0.2, 0) is 4.74 Å². The summed E-state index contributed by atoms with van der Waals surface area (Å²) in [6.07, 6.45) is 4.17. The third-order valence-electron chi connectivity index (χ3n) is 4.86. The van der Waals surface area contributed by atoms with E-state index in [0.29, 0.717) is 12.1 Å². The van der Waals surface area contributed by atoms with E-state index in [2.05, 4.69) is 4.90 Å². The van der Waals surface area contributed by atoms with Gasteiger partial charge in [0, 0.05) is 38.8 Å². The maximum Gasteiger partial charge on any atom is 0.264 e. The van der Waals surface area contributed by atoms with Gasteiger partial charge in [0.2, 0.25) is 0 Å². The van der Waals surface area contributed by atoms with E-state index in [1.165, 1.54) is 24.2 Å². The Kier molecular flexibility index (Phi) is 3.73. The molecule has 0 N–H and O–H groups in total. The van der Waals surface area contributed by atoms with Gasteiger partial charge in [0.15, 0.2) is 0 Å². The molecule has 0 spiro atoms. The highest BCUT2D eigenvalue weighted by Gasteiger charge is 2.38. The van der Waals surface area contributed by atoms with Crippen molar-refractivity contribution in [3.05, 3.63) is 22.4 Å². The van der Waals surface area contributed by atoms with Crippen LogP contribution in [0.1, 0.15) is 28.9 Å². The molecular weight excluding hydrogens is 284 g/mol. The predicted octanol–water partition coefficient (Wildman–Crippen LogP) is 2.07. The number of carbonyl (C=O) groups is 1. The van der Waals surface area contributed by atoms with Crippen LogP contribution >= 0.6 is 11.3 Å². The molecule has 2 atom stereocenters. The van der Waals surface area contributed by atoms with Crippen molar-refractivity contribution < 1.29 is 9.53 Å². The number of carbonyl (C=O) groups excluding carboxylic acids is 1. The van der Waals surface area contributed by atoms with Gasteiger partial charge in [0.25, 0.3) is 5.91 Å². The van der Waals surface area contributed by atoms with Crippen LogP contribution < -0.4 is 0 Å². The Labute approximate surface area is 129 Å². The summed E-state index contributed by atoms with van der Waals surface area (Å²) in [5.74, 6) is 1.03. The Balaban J connectivity index is 1.33. The lowest BCUT2D eigenvalue weighted by atomic mass is 10.1. The second-order valence-electron chi connectivity index (χ2n) is 6.51. The van der Waals surface area contributed by atoms with Gasteiger partial charge in [0.05, 0.1) is 11.0 Å². The zero-order valence-electron chi connectivity index (χ0n) is 12.2. The Morgan fingerprint density at radius 1 is 1.33 bits per heavy atom. The zero-order chi connectivity index (χ0) is 14.2. The fourth-order valence-electron chi connectivity index (χ4n) is 3.41. The van der Waals surface area contributed by atoms with Crippen LogP contribution in [0.4, 0.5) is 0 Å². The number of hydrogen-bond donors (Lipinski definition) is 0. The van der Waals surface area contributed by atoms with Gasteiger partial charge in [-0.2, -0.15) is 0 Å². The van der Waals surface area contributed by atoms with Crippen molar-refractivity contribution in [2.75, 3.05) is 32.8 Å². The number of ether oxygens (including phenoxy) is 1. The lowest BCUT2D eigenvalue weighted by Crippen LogP contribution is -2.51. The minimum Gasteiger partial charge on any atom is -0.377 e. The average molecular weight is 306 g/mol. The van der Waals surface area contributed by atoms with Crippen LogP contribution in [0.25, 0.3) is 0 Å². The van der Waals surface area contributed by atoms with E-state index >= 15 is 0 Å². The van der Waals surface area contributed by atoms with Gasteiger partial charge in [-0.15, -0.1) is 11.3 Å². The van der Waals surface area contributed by atoms with Crippen molar-refractivity contribution >= 4 is 17.2 Å². The summed E-state index contributed by atoms with van der Waals surface area (Å²) in [4.78, 5) is 17.8. The molecule has 0 unspecified atom stereocenters. The first kappa shape index (κ1) is 13.7. The average Bonchev–Trinajstić information content (AvgIpc) is 3.02. The molecule has 0 radical (unpaired) electrons. The first-order chi connectivity index (χ1) is 10.3. The highest BCUT2D eigenvalue weighted by molar-refractivity contribution is 7.12. The van der Waals surface area contributed by atoms with Gasteiger partial charge in [0.1, 0.15) is 0 Å². The number of hydrogen-bond acceptors (Lipinski definition) is 4. The van der Waals surface area contributed by atoms with Crippen LogP contribution in [0, 0.1) is 5.92 Å². The number of piperazine rings is 1. The minimum atomic E-state index is 0.201. The molecule has 2 saturated heterocycles. The fraction of sp³-hybridized carbons (Fsp3) is 0.688. The number of nitrogens with zero attached hydrogens (tertiary/aromatic N) is 2. The summed E-state index contributed by atoms with van der Waals surface area (Å²) in [5, 5.41) is 1.97. The SMILES string of the molecule is O=C(c1cccs1)N1CCN2C[C@@H](OCC3CC3)C[C@H]2C1. The molecule has 1 aromatic rings. The summed E-state index contributed by atoms with van der Waals surface area (Å²) in [6, 6.07) is 4.37. The molecule has 3 fully saturated rings. The predicted molar refractivity (Wildman–Crippen MR) is 82.7 cm³/mol. The Hall–Kier alpha value is -0.910. The molecule has 3 heterocycles. The molecule has 1 aromatic heterocycles. The zero-order valence-corrected chi connectivity index (χ0v) is 13.1. The number of thiophene rings is 1. The van der Waals surface area contributed by atoms with E-state index < -0.39 is 0 Å². The van der Waals surface area contributed by atoms with Gasteiger partial charge in [-0.05, 0) is 36.6 Å². The summed E-state index contributed by atoms with van der Waals surface area (Å²) in [5.41, 5.74) is 0. The molecule has 21 heavy (non-hydrogen) atoms. The molecule has 4 nitrogen and oxygen atoms in total. The first-order valence-electron chi connectivity index (χ1n) is 7.98. The van der Waals surface area contributed by atoms with E-state index in [1.54, 1.807) is 0 Å². The van der Waals surface area contributed by atoms with E-state index in [0.717, 1.165) is 50.0 Å². The van der Waals surface area contributed by atoms with Crippen molar-refractivity contribution in [3.63, 3.8) is 0 Å². The first-order valence-corrected chi connectivity index (χ1v) is 8.86. The molecule has 114 valence electrons. The van der Waals surface area contributed by atoms with Crippen LogP contribution in [0.2, 0.25) is 0 Å². The summed E-state index contributed by atoms with van der Waals surface area (Å²) < 4.78 is 6.04. The van der Waals surface area contributed by atoms with Crippen LogP contribution in [0.3, 0.4) is 0 Å². The Morgan fingerprint density at radius 2 is 2.24 bits per heavy atom. The van der Waals surface area contributed by atoms with E-state index in [4.69, 9.17) is 4.74 Å². The smallest absolute Gasteiger partial charge is 0.264 e. The summed E-state index contributed by atoms with van der Waals surface area (Å²) in [6.45, 7) is 4.70. The number of fused-ring (bicyclic) bond motifs is 1. The number of rotatable bonds is 4. The molecule has 4 rings (SSSR count). The standard InChI is InChI=1S/C16H22N2O2S/c19-16(15-2-1-7-21-15)18-6-5-17-10-14(8-13(17)9-18)20-11-12-3-4-12/h1-2,7,12-14H,3-6,8-11H2/t13-,14-/m0/s1. The van der Waals surface area contributed by atoms with E-state index in [1.807, 2.05) is 22.4 Å². The number of amides is 1. The van der Waals surface area contributed by atoms with Crippen molar-refractivity contribution in [1.29, 1.82) is 0 Å². The van der Waals surface area contributed by atoms with Crippen LogP contribution in [0.5, 0.6) is 0 Å². The molecule has 3 aliphatic rings. The van der Waals surface area contributed by atoms with Crippen molar-refractivity contribution in [3.8, 4) is 0 Å². The minimum absolute atomic E-state index is 0.201. The van der Waals surface area contributed by atoms with Crippen molar-refractivity contribution in [2.24, 2.45) is 5.92 Å². The van der Waals surface area contributed by atoms with Crippen LogP contribution in [-0.4, -0.2) is 60.6 Å². The van der Waals surface area contributed by atoms with Crippen LogP contribution in [0.15, 0.2) is 17.5 Å². The normalized spacial score (nSPS) is 29.6. The highest BCUT2D eigenvalue weighted by Crippen LogP contribution is 2.31. The lowest BCUT2D eigenvalue weighted by Gasteiger charge is -2.37. The van der Waals surface area contributed by atoms with Crippen molar-refractivity contribution in [1.82, 2.24) is 9.80 Å². The van der Waals surface area contributed by atoms with Gasteiger partial charge in [-0.1, -0.05) is 6.07 Å². The summed E-state index contributed by atoms with van der Waals surface area (Å²) in [7, 11) is 0. The molecule has 5 heteroatoms. The molecule has 2 aliphatic heterocycles. The fourth-order valence-corrected chi connectivity index (χ4v) is 4.11. The Morgan fingerprint density at radius 3 is 3.00 bits per heavy atom. The molecule has 1 saturated carbocycles. The third kappa shape index (κ3) is 3.00. The quantitative estimate of drug-likeness (QED) is 0.854. The topological polar surface area (TPSA) is 32.8 Å². The maximum atomic E-state index is 12.4. The molecule has 0 bridgehead atoms. The third-order valence-corrected chi connectivity index (χ3v) is 5.72. The van der Waals surface area contributed by atoms with Crippen molar-refractivity contribution in [2.45, 2.75) is 31.4 Å². The Bertz CT molecular complexity index is 500.